The van der Waals surface area contributed by atoms with Gasteiger partial charge in [0.25, 0.3) is 0 Å². The molecule has 0 atom stereocenters. The van der Waals surface area contributed by atoms with E-state index in [4.69, 9.17) is 0 Å². The van der Waals surface area contributed by atoms with Crippen molar-refractivity contribution >= 4 is 8.40 Å². The molecular weight excluding hydrogens is 164 g/mol. The van der Waals surface area contributed by atoms with E-state index in [-0.39, 0.29) is 0 Å². The summed E-state index contributed by atoms with van der Waals surface area (Å²) in [7, 11) is 2.95. The van der Waals surface area contributed by atoms with Gasteiger partial charge in [0.15, 0.2) is 0 Å². The maximum atomic E-state index is 3.53. The monoisotopic (exact) mass is 188 g/mol. The summed E-state index contributed by atoms with van der Waals surface area (Å²) in [6, 6.07) is 2.71. The maximum Gasteiger partial charge on any atom is 0.200 e. The van der Waals surface area contributed by atoms with Gasteiger partial charge >= 0.3 is 0 Å². The van der Waals surface area contributed by atoms with Crippen molar-refractivity contribution in [2.75, 3.05) is 14.1 Å². The summed E-state index contributed by atoms with van der Waals surface area (Å²) < 4.78 is 0. The Kier molecular flexibility index (Phi) is 6.71. The molecule has 2 nitrogen and oxygen atoms in total. The third kappa shape index (κ3) is 3.69. The van der Waals surface area contributed by atoms with Crippen LogP contribution >= 0.6 is 0 Å². The first-order valence-corrected chi connectivity index (χ1v) is 7.54. The van der Waals surface area contributed by atoms with Gasteiger partial charge < -0.3 is 9.96 Å². The Bertz CT molecular complexity index is 103. The van der Waals surface area contributed by atoms with E-state index in [1.807, 2.05) is 0 Å². The molecular formula is C9H24N2Si. The molecule has 2 N–H and O–H groups in total. The zero-order chi connectivity index (χ0) is 9.45. The van der Waals surface area contributed by atoms with Crippen LogP contribution in [0, 0.1) is 0 Å². The summed E-state index contributed by atoms with van der Waals surface area (Å²) >= 11 is 0. The average molecular weight is 188 g/mol. The molecule has 3 heteroatoms. The van der Waals surface area contributed by atoms with Crippen molar-refractivity contribution in [3.8, 4) is 0 Å². The van der Waals surface area contributed by atoms with Crippen molar-refractivity contribution in [3.63, 3.8) is 0 Å². The highest BCUT2D eigenvalue weighted by Crippen LogP contribution is 2.13. The molecule has 0 amide bonds. The van der Waals surface area contributed by atoms with E-state index in [1.54, 1.807) is 0 Å². The van der Waals surface area contributed by atoms with Crippen LogP contribution in [0.2, 0.25) is 12.1 Å². The molecule has 0 unspecified atom stereocenters. The first-order chi connectivity index (χ1) is 5.74. The summed E-state index contributed by atoms with van der Waals surface area (Å²) in [5, 5.41) is 0. The van der Waals surface area contributed by atoms with Crippen molar-refractivity contribution < 1.29 is 0 Å². The second-order valence-electron chi connectivity index (χ2n) is 3.44. The predicted octanol–water partition coefficient (Wildman–Crippen LogP) is 2.08. The van der Waals surface area contributed by atoms with Crippen LogP contribution in [0.5, 0.6) is 0 Å². The molecule has 12 heavy (non-hydrogen) atoms. The smallest absolute Gasteiger partial charge is 0.200 e. The van der Waals surface area contributed by atoms with Crippen LogP contribution in [0.25, 0.3) is 0 Å². The lowest BCUT2D eigenvalue weighted by molar-refractivity contribution is 0.807. The minimum Gasteiger partial charge on any atom is -0.328 e. The third-order valence-electron chi connectivity index (χ3n) is 2.59. The first-order valence-electron chi connectivity index (χ1n) is 5.12. The van der Waals surface area contributed by atoms with Gasteiger partial charge in [-0.3, -0.25) is 0 Å². The highest BCUT2D eigenvalue weighted by molar-refractivity contribution is 6.74. The van der Waals surface area contributed by atoms with Gasteiger partial charge in [0.1, 0.15) is 0 Å². The highest BCUT2D eigenvalue weighted by atomic mass is 28.3. The lowest BCUT2D eigenvalue weighted by Crippen LogP contribution is -2.59. The summed E-state index contributed by atoms with van der Waals surface area (Å²) in [6.07, 6.45) is 3.95. The fourth-order valence-corrected chi connectivity index (χ4v) is 4.97. The van der Waals surface area contributed by atoms with E-state index in [2.05, 4.69) is 37.9 Å². The molecule has 0 saturated carbocycles. The number of rotatable bonds is 7. The topological polar surface area (TPSA) is 24.1 Å². The summed E-state index contributed by atoms with van der Waals surface area (Å²) in [4.78, 5) is 7.06. The second kappa shape index (κ2) is 6.63. The van der Waals surface area contributed by atoms with E-state index in [0.29, 0.717) is 0 Å². The molecule has 0 fully saturated rings. The zero-order valence-electron chi connectivity index (χ0n) is 9.04. The van der Waals surface area contributed by atoms with E-state index in [1.165, 1.54) is 31.4 Å². The molecule has 0 radical (unpaired) electrons. The normalized spacial score (nSPS) is 12.0. The van der Waals surface area contributed by atoms with Crippen LogP contribution in [0.15, 0.2) is 0 Å². The van der Waals surface area contributed by atoms with Crippen molar-refractivity contribution in [2.45, 2.75) is 45.2 Å². The van der Waals surface area contributed by atoms with Crippen molar-refractivity contribution in [3.05, 3.63) is 0 Å². The van der Waals surface area contributed by atoms with E-state index < -0.39 is 8.40 Å². The van der Waals surface area contributed by atoms with Crippen molar-refractivity contribution in [1.29, 1.82) is 0 Å². The molecule has 0 aromatic rings. The molecule has 0 rings (SSSR count). The maximum absolute atomic E-state index is 3.53. The van der Waals surface area contributed by atoms with Crippen LogP contribution in [0.4, 0.5) is 0 Å². The van der Waals surface area contributed by atoms with Crippen molar-refractivity contribution in [2.24, 2.45) is 0 Å². The van der Waals surface area contributed by atoms with Gasteiger partial charge in [0, 0.05) is 0 Å². The van der Waals surface area contributed by atoms with Gasteiger partial charge in [-0.15, -0.1) is 0 Å². The quantitative estimate of drug-likeness (QED) is 0.598. The predicted molar refractivity (Wildman–Crippen MR) is 58.7 cm³/mol. The van der Waals surface area contributed by atoms with Crippen LogP contribution in [-0.2, 0) is 0 Å². The Hall–Kier alpha value is 0.137. The summed E-state index contributed by atoms with van der Waals surface area (Å²) in [5.41, 5.74) is 0. The summed E-state index contributed by atoms with van der Waals surface area (Å²) in [5.74, 6) is 0. The van der Waals surface area contributed by atoms with Gasteiger partial charge in [0.2, 0.25) is 8.40 Å². The average Bonchev–Trinajstić information content (AvgIpc) is 2.13. The lowest BCUT2D eigenvalue weighted by atomic mass is 10.4. The van der Waals surface area contributed by atoms with Gasteiger partial charge in [0.05, 0.1) is 0 Å². The molecule has 0 aliphatic rings. The van der Waals surface area contributed by atoms with Gasteiger partial charge in [-0.2, -0.15) is 0 Å². The number of unbranched alkanes of at least 4 members (excludes halogenated alkanes) is 1. The Morgan fingerprint density at radius 3 is 1.83 bits per heavy atom. The number of hydrogen-bond acceptors (Lipinski definition) is 2. The number of hydrogen-bond donors (Lipinski definition) is 2. The fourth-order valence-electron chi connectivity index (χ4n) is 1.66. The standard InChI is InChI=1S/C9H24N2Si/c1-5-7-9-12(10-3,11-4)8-6-2/h10-11H,5-9H2,1-4H3. The molecule has 0 spiro atoms. The second-order valence-corrected chi connectivity index (χ2v) is 7.60. The molecule has 0 bridgehead atoms. The molecule has 0 aromatic carbocycles. The van der Waals surface area contributed by atoms with Crippen LogP contribution in [0.3, 0.4) is 0 Å². The zero-order valence-corrected chi connectivity index (χ0v) is 10.0. The minimum atomic E-state index is -1.26. The van der Waals surface area contributed by atoms with E-state index in [9.17, 15) is 0 Å². The molecule has 0 saturated heterocycles. The van der Waals surface area contributed by atoms with Gasteiger partial charge in [-0.05, 0) is 26.2 Å². The molecule has 0 aliphatic heterocycles. The Morgan fingerprint density at radius 2 is 1.50 bits per heavy atom. The summed E-state index contributed by atoms with van der Waals surface area (Å²) in [6.45, 7) is 4.53. The molecule has 0 aliphatic carbocycles. The highest BCUT2D eigenvalue weighted by Gasteiger charge is 2.27. The SMILES string of the molecule is CCCC[Si](CCC)(NC)NC. The van der Waals surface area contributed by atoms with Crippen LogP contribution in [-0.4, -0.2) is 22.5 Å². The fraction of sp³-hybridized carbons (Fsp3) is 1.00. The van der Waals surface area contributed by atoms with Gasteiger partial charge in [-0.1, -0.05) is 33.1 Å². The molecule has 74 valence electrons. The largest absolute Gasteiger partial charge is 0.328 e. The number of nitrogens with one attached hydrogen (secondary N) is 2. The minimum absolute atomic E-state index is 1.26. The van der Waals surface area contributed by atoms with Crippen LogP contribution in [0.1, 0.15) is 33.1 Å². The van der Waals surface area contributed by atoms with E-state index in [0.717, 1.165) is 0 Å². The van der Waals surface area contributed by atoms with E-state index >= 15 is 0 Å². The Morgan fingerprint density at radius 1 is 0.917 bits per heavy atom. The first kappa shape index (κ1) is 12.1. The Balaban J connectivity index is 3.95. The lowest BCUT2D eigenvalue weighted by Gasteiger charge is -2.29. The molecule has 0 heterocycles. The third-order valence-corrected chi connectivity index (χ3v) is 7.07. The van der Waals surface area contributed by atoms with Gasteiger partial charge in [-0.25, -0.2) is 0 Å². The van der Waals surface area contributed by atoms with Crippen LogP contribution < -0.4 is 9.96 Å². The Labute approximate surface area is 78.3 Å². The molecule has 0 aromatic heterocycles. The van der Waals surface area contributed by atoms with Crippen molar-refractivity contribution in [1.82, 2.24) is 9.96 Å².